The van der Waals surface area contributed by atoms with E-state index in [4.69, 9.17) is 0 Å². The molecular weight excluding hydrogens is 266 g/mol. The van der Waals surface area contributed by atoms with E-state index in [0.717, 1.165) is 0 Å². The van der Waals surface area contributed by atoms with E-state index in [-0.39, 0.29) is 12.3 Å². The fourth-order valence-electron chi connectivity index (χ4n) is 1.31. The van der Waals surface area contributed by atoms with Gasteiger partial charge < -0.3 is 9.73 Å². The molecular formula is C9H10F6N2O. The Bertz CT molecular complexity index is 369. The minimum Gasteiger partial charge on any atom is -0.445 e. The highest BCUT2D eigenvalue weighted by atomic mass is 19.4. The fraction of sp³-hybridized carbons (Fsp3) is 0.667. The van der Waals surface area contributed by atoms with Crippen molar-refractivity contribution in [3.63, 3.8) is 0 Å². The van der Waals surface area contributed by atoms with Crippen molar-refractivity contribution in [2.75, 3.05) is 13.6 Å². The second-order valence-electron chi connectivity index (χ2n) is 3.53. The van der Waals surface area contributed by atoms with Gasteiger partial charge in [0.25, 0.3) is 0 Å². The Labute approximate surface area is 98.2 Å². The molecule has 18 heavy (non-hydrogen) atoms. The minimum atomic E-state index is -5.46. The maximum absolute atomic E-state index is 12.3. The van der Waals surface area contributed by atoms with Crippen molar-refractivity contribution < 1.29 is 30.8 Å². The van der Waals surface area contributed by atoms with E-state index < -0.39 is 24.0 Å². The predicted octanol–water partition coefficient (Wildman–Crippen LogP) is 2.64. The van der Waals surface area contributed by atoms with Gasteiger partial charge in [0.2, 0.25) is 5.92 Å². The largest absolute Gasteiger partial charge is 0.445 e. The van der Waals surface area contributed by atoms with Crippen molar-refractivity contribution >= 4 is 0 Å². The highest BCUT2D eigenvalue weighted by Crippen LogP contribution is 2.46. The molecule has 104 valence electrons. The third-order valence-corrected chi connectivity index (χ3v) is 2.10. The molecule has 0 atom stereocenters. The molecule has 1 aromatic heterocycles. The van der Waals surface area contributed by atoms with E-state index in [2.05, 4.69) is 14.7 Å². The summed E-state index contributed by atoms with van der Waals surface area (Å²) in [4.78, 5) is 3.39. The van der Waals surface area contributed by atoms with Crippen LogP contribution in [0.5, 0.6) is 0 Å². The Balaban J connectivity index is 2.97. The molecule has 0 amide bonds. The van der Waals surface area contributed by atoms with Gasteiger partial charge in [0.05, 0.1) is 6.20 Å². The zero-order valence-corrected chi connectivity index (χ0v) is 9.19. The molecule has 0 saturated heterocycles. The average molecular weight is 276 g/mol. The number of hydrogen-bond donors (Lipinski definition) is 1. The molecule has 3 nitrogen and oxygen atoms in total. The van der Waals surface area contributed by atoms with Crippen LogP contribution in [-0.2, 0) is 6.42 Å². The van der Waals surface area contributed by atoms with Gasteiger partial charge in [-0.15, -0.1) is 0 Å². The summed E-state index contributed by atoms with van der Waals surface area (Å²) < 4.78 is 78.6. The van der Waals surface area contributed by atoms with Gasteiger partial charge in [-0.3, -0.25) is 0 Å². The summed E-state index contributed by atoms with van der Waals surface area (Å²) in [5.74, 6) is -5.04. The van der Waals surface area contributed by atoms with Gasteiger partial charge >= 0.3 is 12.4 Å². The zero-order valence-electron chi connectivity index (χ0n) is 9.19. The first-order chi connectivity index (χ1) is 8.16. The summed E-state index contributed by atoms with van der Waals surface area (Å²) in [6.45, 7) is 0.336. The Morgan fingerprint density at radius 1 is 1.22 bits per heavy atom. The van der Waals surface area contributed by atoms with Crippen molar-refractivity contribution in [3.8, 4) is 0 Å². The van der Waals surface area contributed by atoms with Crippen LogP contribution in [0.1, 0.15) is 17.6 Å². The van der Waals surface area contributed by atoms with Gasteiger partial charge in [-0.05, 0) is 7.05 Å². The van der Waals surface area contributed by atoms with Crippen molar-refractivity contribution in [2.45, 2.75) is 24.7 Å². The molecule has 1 heterocycles. The SMILES string of the molecule is CNCCc1ncc(C(C(F)(F)F)C(F)(F)F)o1. The summed E-state index contributed by atoms with van der Waals surface area (Å²) in [6.07, 6.45) is -10.3. The number of nitrogens with one attached hydrogen (secondary N) is 1. The quantitative estimate of drug-likeness (QED) is 0.859. The summed E-state index contributed by atoms with van der Waals surface area (Å²) in [7, 11) is 1.58. The molecule has 1 N–H and O–H groups in total. The molecule has 9 heteroatoms. The Morgan fingerprint density at radius 3 is 2.22 bits per heavy atom. The summed E-state index contributed by atoms with van der Waals surface area (Å²) in [5, 5.41) is 2.67. The predicted molar refractivity (Wildman–Crippen MR) is 49.0 cm³/mol. The number of nitrogens with zero attached hydrogens (tertiary/aromatic N) is 1. The van der Waals surface area contributed by atoms with Crippen LogP contribution in [0.3, 0.4) is 0 Å². The van der Waals surface area contributed by atoms with Crippen molar-refractivity contribution in [2.24, 2.45) is 0 Å². The third-order valence-electron chi connectivity index (χ3n) is 2.10. The summed E-state index contributed by atoms with van der Waals surface area (Å²) >= 11 is 0. The fourth-order valence-corrected chi connectivity index (χ4v) is 1.31. The van der Waals surface area contributed by atoms with Gasteiger partial charge in [0.15, 0.2) is 5.89 Å². The summed E-state index contributed by atoms with van der Waals surface area (Å²) in [6, 6.07) is 0. The first kappa shape index (κ1) is 14.8. The molecule has 0 aliphatic rings. The number of aromatic nitrogens is 1. The van der Waals surface area contributed by atoms with E-state index in [9.17, 15) is 26.3 Å². The van der Waals surface area contributed by atoms with Crippen LogP contribution >= 0.6 is 0 Å². The first-order valence-corrected chi connectivity index (χ1v) is 4.89. The molecule has 0 aromatic carbocycles. The van der Waals surface area contributed by atoms with Gasteiger partial charge in [-0.2, -0.15) is 26.3 Å². The monoisotopic (exact) mass is 276 g/mol. The minimum absolute atomic E-state index is 0.110. The zero-order chi connectivity index (χ0) is 14.0. The maximum atomic E-state index is 12.3. The number of halogens is 6. The normalized spacial score (nSPS) is 13.3. The molecule has 0 radical (unpaired) electrons. The molecule has 0 bridgehead atoms. The number of oxazole rings is 1. The maximum Gasteiger partial charge on any atom is 0.407 e. The molecule has 1 aromatic rings. The average Bonchev–Trinajstić information content (AvgIpc) is 2.58. The number of rotatable bonds is 4. The lowest BCUT2D eigenvalue weighted by atomic mass is 10.1. The van der Waals surface area contributed by atoms with Crippen LogP contribution in [0.15, 0.2) is 10.6 Å². The van der Waals surface area contributed by atoms with E-state index in [1.54, 1.807) is 7.05 Å². The third kappa shape index (κ3) is 3.62. The van der Waals surface area contributed by atoms with Crippen LogP contribution in [0.25, 0.3) is 0 Å². The lowest BCUT2D eigenvalue weighted by Gasteiger charge is -2.20. The smallest absolute Gasteiger partial charge is 0.407 e. The van der Waals surface area contributed by atoms with Crippen LogP contribution in [0.4, 0.5) is 26.3 Å². The Hall–Kier alpha value is -1.25. The van der Waals surface area contributed by atoms with Crippen molar-refractivity contribution in [1.82, 2.24) is 10.3 Å². The van der Waals surface area contributed by atoms with E-state index >= 15 is 0 Å². The lowest BCUT2D eigenvalue weighted by molar-refractivity contribution is -0.257. The molecule has 0 spiro atoms. The van der Waals surface area contributed by atoms with Crippen molar-refractivity contribution in [1.29, 1.82) is 0 Å². The van der Waals surface area contributed by atoms with Crippen LogP contribution in [0, 0.1) is 0 Å². The van der Waals surface area contributed by atoms with Gasteiger partial charge in [0, 0.05) is 13.0 Å². The number of likely N-dealkylation sites (N-methyl/N-ethyl adjacent to an activating group) is 1. The molecule has 0 fully saturated rings. The van der Waals surface area contributed by atoms with Crippen molar-refractivity contribution in [3.05, 3.63) is 17.8 Å². The molecule has 0 aliphatic heterocycles. The topological polar surface area (TPSA) is 38.1 Å². The molecule has 0 aliphatic carbocycles. The molecule has 1 rings (SSSR count). The van der Waals surface area contributed by atoms with Crippen LogP contribution in [-0.4, -0.2) is 30.9 Å². The lowest BCUT2D eigenvalue weighted by Crippen LogP contribution is -2.33. The Morgan fingerprint density at radius 2 is 1.78 bits per heavy atom. The highest BCUT2D eigenvalue weighted by molar-refractivity contribution is 5.08. The number of alkyl halides is 6. The highest BCUT2D eigenvalue weighted by Gasteiger charge is 2.59. The van der Waals surface area contributed by atoms with Gasteiger partial charge in [-0.1, -0.05) is 0 Å². The van der Waals surface area contributed by atoms with Crippen LogP contribution < -0.4 is 5.32 Å². The van der Waals surface area contributed by atoms with E-state index in [1.807, 2.05) is 0 Å². The standard InChI is InChI=1S/C9H10F6N2O/c1-16-3-2-6-17-4-5(18-6)7(8(10,11)12)9(13,14)15/h4,7,16H,2-3H2,1H3. The van der Waals surface area contributed by atoms with E-state index in [1.165, 1.54) is 0 Å². The second kappa shape index (κ2) is 5.17. The van der Waals surface area contributed by atoms with Gasteiger partial charge in [0.1, 0.15) is 5.76 Å². The summed E-state index contributed by atoms with van der Waals surface area (Å²) in [5.41, 5.74) is 0. The van der Waals surface area contributed by atoms with E-state index in [0.29, 0.717) is 12.7 Å². The van der Waals surface area contributed by atoms with Crippen LogP contribution in [0.2, 0.25) is 0 Å². The Kier molecular flexibility index (Phi) is 4.25. The first-order valence-electron chi connectivity index (χ1n) is 4.89. The molecule has 0 saturated carbocycles. The second-order valence-corrected chi connectivity index (χ2v) is 3.53. The van der Waals surface area contributed by atoms with Gasteiger partial charge in [-0.25, -0.2) is 4.98 Å². The number of hydrogen-bond acceptors (Lipinski definition) is 3. The molecule has 0 unspecified atom stereocenters.